The van der Waals surface area contributed by atoms with E-state index in [2.05, 4.69) is 20.9 Å². The van der Waals surface area contributed by atoms with E-state index in [1.54, 1.807) is 0 Å². The zero-order valence-electron chi connectivity index (χ0n) is 7.84. The van der Waals surface area contributed by atoms with Gasteiger partial charge in [0.15, 0.2) is 6.61 Å². The molecule has 2 aromatic heterocycles. The van der Waals surface area contributed by atoms with Gasteiger partial charge in [0.2, 0.25) is 0 Å². The fraction of sp³-hybridized carbons (Fsp3) is 0.111. The van der Waals surface area contributed by atoms with E-state index in [0.29, 0.717) is 5.08 Å². The molecule has 82 valence electrons. The highest BCUT2D eigenvalue weighted by Gasteiger charge is 2.03. The molecule has 0 aromatic carbocycles. The van der Waals surface area contributed by atoms with E-state index in [1.165, 1.54) is 11.3 Å². The first-order valence-electron chi connectivity index (χ1n) is 4.14. The molecular weight excluding hydrogens is 234 g/mol. The van der Waals surface area contributed by atoms with Crippen molar-refractivity contribution < 1.29 is 13.9 Å². The third-order valence-electron chi connectivity index (χ3n) is 1.48. The average molecular weight is 239 g/mol. The van der Waals surface area contributed by atoms with E-state index in [-0.39, 0.29) is 6.61 Å². The summed E-state index contributed by atoms with van der Waals surface area (Å²) in [7, 11) is 0. The summed E-state index contributed by atoms with van der Waals surface area (Å²) in [5, 5.41) is 4.12. The zero-order valence-corrected chi connectivity index (χ0v) is 8.65. The van der Waals surface area contributed by atoms with Crippen LogP contribution in [0.2, 0.25) is 0 Å². The lowest BCUT2D eigenvalue weighted by molar-refractivity contribution is -0.135. The standard InChI is InChI=1S/C9H5NO5S/c11-8-9(12)15-10(14-8)13-4-1-2-7-3-5-16-6-7/h3,5-6H,4H2. The van der Waals surface area contributed by atoms with E-state index in [1.807, 2.05) is 16.8 Å². The minimum Gasteiger partial charge on any atom is -0.344 e. The molecule has 0 saturated heterocycles. The molecule has 0 aliphatic heterocycles. The molecule has 2 aromatic rings. The molecule has 0 fully saturated rings. The number of hydrogen-bond acceptors (Lipinski definition) is 6. The molecule has 0 radical (unpaired) electrons. The second-order valence-electron chi connectivity index (χ2n) is 2.57. The lowest BCUT2D eigenvalue weighted by atomic mass is 10.3. The molecule has 2 heterocycles. The van der Waals surface area contributed by atoms with Crippen LogP contribution in [-0.4, -0.2) is 11.7 Å². The lowest BCUT2D eigenvalue weighted by Crippen LogP contribution is -2.14. The number of nitrogens with zero attached hydrogens (tertiary/aromatic N) is 1. The molecule has 0 N–H and O–H groups in total. The van der Waals surface area contributed by atoms with Gasteiger partial charge in [-0.1, -0.05) is 11.8 Å². The minimum absolute atomic E-state index is 0.0591. The Bertz CT molecular complexity index is 594. The molecular formula is C9H5NO5S. The Labute approximate surface area is 92.5 Å². The van der Waals surface area contributed by atoms with Crippen LogP contribution in [0.25, 0.3) is 0 Å². The minimum atomic E-state index is -1.12. The maximum atomic E-state index is 10.6. The van der Waals surface area contributed by atoms with Gasteiger partial charge in [-0.2, -0.15) is 11.3 Å². The molecule has 6 nitrogen and oxygen atoms in total. The number of aromatic nitrogens is 1. The van der Waals surface area contributed by atoms with Crippen molar-refractivity contribution in [2.45, 2.75) is 0 Å². The van der Waals surface area contributed by atoms with Crippen LogP contribution in [0.3, 0.4) is 0 Å². The molecule has 0 bridgehead atoms. The van der Waals surface area contributed by atoms with Crippen molar-refractivity contribution in [3.05, 3.63) is 43.2 Å². The van der Waals surface area contributed by atoms with Gasteiger partial charge in [-0.25, -0.2) is 9.59 Å². The second-order valence-corrected chi connectivity index (χ2v) is 3.35. The first-order valence-corrected chi connectivity index (χ1v) is 5.08. The molecule has 7 heteroatoms. The Morgan fingerprint density at radius 2 is 2.12 bits per heavy atom. The lowest BCUT2D eigenvalue weighted by Gasteiger charge is -1.92. The Morgan fingerprint density at radius 3 is 2.75 bits per heavy atom. The van der Waals surface area contributed by atoms with Gasteiger partial charge in [-0.3, -0.25) is 9.05 Å². The van der Waals surface area contributed by atoms with Crippen molar-refractivity contribution >= 4 is 11.3 Å². The van der Waals surface area contributed by atoms with Gasteiger partial charge >= 0.3 is 11.3 Å². The van der Waals surface area contributed by atoms with Crippen LogP contribution in [0.4, 0.5) is 0 Å². The largest absolute Gasteiger partial charge is 0.449 e. The maximum absolute atomic E-state index is 10.6. The van der Waals surface area contributed by atoms with Gasteiger partial charge < -0.3 is 4.84 Å². The normalized spacial score (nSPS) is 9.50. The van der Waals surface area contributed by atoms with Crippen LogP contribution in [-0.2, 0) is 0 Å². The topological polar surface area (TPSA) is 74.6 Å². The van der Waals surface area contributed by atoms with Crippen LogP contribution in [0.1, 0.15) is 5.56 Å². The summed E-state index contributed by atoms with van der Waals surface area (Å²) < 4.78 is 8.49. The summed E-state index contributed by atoms with van der Waals surface area (Å²) in [5.41, 5.74) is -1.37. The summed E-state index contributed by atoms with van der Waals surface area (Å²) in [6.45, 7) is -0.0591. The molecule has 0 amide bonds. The highest BCUT2D eigenvalue weighted by atomic mass is 32.1. The van der Waals surface area contributed by atoms with Gasteiger partial charge in [0.05, 0.1) is 0 Å². The molecule has 0 atom stereocenters. The summed E-state index contributed by atoms with van der Waals surface area (Å²) >= 11 is 1.53. The predicted octanol–water partition coefficient (Wildman–Crippen LogP) is -0.0637. The second kappa shape index (κ2) is 4.55. The van der Waals surface area contributed by atoms with Crippen molar-refractivity contribution in [2.75, 3.05) is 6.61 Å². The highest BCUT2D eigenvalue weighted by Crippen LogP contribution is 2.02. The van der Waals surface area contributed by atoms with Crippen LogP contribution in [0, 0.1) is 11.8 Å². The van der Waals surface area contributed by atoms with Gasteiger partial charge in [0.25, 0.3) is 0 Å². The van der Waals surface area contributed by atoms with Crippen molar-refractivity contribution in [3.63, 3.8) is 0 Å². The molecule has 0 aliphatic carbocycles. The van der Waals surface area contributed by atoms with Crippen LogP contribution >= 0.6 is 11.3 Å². The monoisotopic (exact) mass is 239 g/mol. The van der Waals surface area contributed by atoms with Crippen molar-refractivity contribution in [2.24, 2.45) is 0 Å². The van der Waals surface area contributed by atoms with E-state index in [9.17, 15) is 9.59 Å². The van der Waals surface area contributed by atoms with Gasteiger partial charge in [0.1, 0.15) is 5.08 Å². The molecule has 0 saturated carbocycles. The third-order valence-corrected chi connectivity index (χ3v) is 2.16. The zero-order chi connectivity index (χ0) is 11.4. The van der Waals surface area contributed by atoms with E-state index in [4.69, 9.17) is 4.84 Å². The summed E-state index contributed by atoms with van der Waals surface area (Å²) in [6.07, 6.45) is 0. The Morgan fingerprint density at radius 1 is 1.38 bits per heavy atom. The summed E-state index contributed by atoms with van der Waals surface area (Å²) in [6, 6.07) is 1.85. The first-order chi connectivity index (χ1) is 7.75. The Hall–Kier alpha value is -2.20. The van der Waals surface area contributed by atoms with Gasteiger partial charge in [-0.05, 0) is 11.4 Å². The SMILES string of the molecule is O=c1on(OCC#Cc2ccsc2)oc1=O. The van der Waals surface area contributed by atoms with Crippen LogP contribution in [0.15, 0.2) is 35.5 Å². The van der Waals surface area contributed by atoms with E-state index < -0.39 is 11.3 Å². The van der Waals surface area contributed by atoms with Crippen molar-refractivity contribution in [1.29, 1.82) is 0 Å². The number of thiophene rings is 1. The average Bonchev–Trinajstić information content (AvgIpc) is 2.85. The third kappa shape index (κ3) is 2.43. The van der Waals surface area contributed by atoms with Crippen LogP contribution < -0.4 is 16.1 Å². The molecule has 2 rings (SSSR count). The van der Waals surface area contributed by atoms with E-state index in [0.717, 1.165) is 5.56 Å². The first kappa shape index (κ1) is 10.3. The van der Waals surface area contributed by atoms with Gasteiger partial charge in [0, 0.05) is 10.9 Å². The quantitative estimate of drug-likeness (QED) is 0.542. The summed E-state index contributed by atoms with van der Waals surface area (Å²) in [4.78, 5) is 25.8. The van der Waals surface area contributed by atoms with Gasteiger partial charge in [-0.15, -0.1) is 0 Å². The van der Waals surface area contributed by atoms with Crippen molar-refractivity contribution in [1.82, 2.24) is 5.08 Å². The highest BCUT2D eigenvalue weighted by molar-refractivity contribution is 7.08. The fourth-order valence-corrected chi connectivity index (χ4v) is 1.43. The van der Waals surface area contributed by atoms with E-state index >= 15 is 0 Å². The Balaban J connectivity index is 1.93. The maximum Gasteiger partial charge on any atom is 0.449 e. The number of hydrogen-bond donors (Lipinski definition) is 0. The number of rotatable bonds is 2. The Kier molecular flexibility index (Phi) is 2.93. The fourth-order valence-electron chi connectivity index (χ4n) is 0.840. The molecule has 0 aliphatic rings. The molecule has 16 heavy (non-hydrogen) atoms. The summed E-state index contributed by atoms with van der Waals surface area (Å²) in [5.74, 6) is 5.45. The molecule has 0 unspecified atom stereocenters. The smallest absolute Gasteiger partial charge is 0.344 e. The van der Waals surface area contributed by atoms with Crippen LogP contribution in [0.5, 0.6) is 0 Å². The van der Waals surface area contributed by atoms with Crippen molar-refractivity contribution in [3.8, 4) is 11.8 Å². The molecule has 0 spiro atoms. The predicted molar refractivity (Wildman–Crippen MR) is 54.1 cm³/mol.